The van der Waals surface area contributed by atoms with Crippen molar-refractivity contribution in [2.75, 3.05) is 6.61 Å². The highest BCUT2D eigenvalue weighted by atomic mass is 16.5. The Labute approximate surface area is 84.1 Å². The minimum absolute atomic E-state index is 0.108. The summed E-state index contributed by atoms with van der Waals surface area (Å²) in [6, 6.07) is 0. The molecule has 78 valence electrons. The number of hydrogen-bond acceptors (Lipinski definition) is 3. The van der Waals surface area contributed by atoms with E-state index in [2.05, 4.69) is 0 Å². The number of ketones is 1. The van der Waals surface area contributed by atoms with Crippen LogP contribution >= 0.6 is 0 Å². The predicted octanol–water partition coefficient (Wildman–Crippen LogP) is 1.86. The molecule has 0 aromatic rings. The molecule has 0 bridgehead atoms. The van der Waals surface area contributed by atoms with Crippen molar-refractivity contribution < 1.29 is 14.3 Å². The summed E-state index contributed by atoms with van der Waals surface area (Å²) in [5.74, 6) is -0.138. The molecule has 1 aliphatic rings. The lowest BCUT2D eigenvalue weighted by atomic mass is 9.88. The summed E-state index contributed by atoms with van der Waals surface area (Å²) < 4.78 is 4.82. The topological polar surface area (TPSA) is 43.4 Å². The van der Waals surface area contributed by atoms with Crippen LogP contribution in [0.5, 0.6) is 0 Å². The van der Waals surface area contributed by atoms with E-state index in [1.54, 1.807) is 13.0 Å². The van der Waals surface area contributed by atoms with Crippen LogP contribution in [-0.2, 0) is 14.3 Å². The SMILES string of the molecule is CCOC(=O)CC1=CC(=O)C(C)(C)C1. The van der Waals surface area contributed by atoms with E-state index in [1.165, 1.54) is 0 Å². The summed E-state index contributed by atoms with van der Waals surface area (Å²) in [6.07, 6.45) is 2.50. The lowest BCUT2D eigenvalue weighted by Crippen LogP contribution is -2.17. The van der Waals surface area contributed by atoms with E-state index in [-0.39, 0.29) is 23.6 Å². The zero-order valence-corrected chi connectivity index (χ0v) is 8.92. The van der Waals surface area contributed by atoms with E-state index < -0.39 is 0 Å². The minimum atomic E-state index is -0.332. The molecule has 0 saturated carbocycles. The van der Waals surface area contributed by atoms with Crippen molar-refractivity contribution >= 4 is 11.8 Å². The van der Waals surface area contributed by atoms with Gasteiger partial charge in [-0.2, -0.15) is 0 Å². The average Bonchev–Trinajstić information content (AvgIpc) is 2.25. The third-order valence-electron chi connectivity index (χ3n) is 2.35. The Kier molecular flexibility index (Phi) is 3.09. The third kappa shape index (κ3) is 2.44. The Balaban J connectivity index is 2.54. The molecule has 14 heavy (non-hydrogen) atoms. The Morgan fingerprint density at radius 1 is 1.57 bits per heavy atom. The summed E-state index contributed by atoms with van der Waals surface area (Å²) in [4.78, 5) is 22.6. The summed E-state index contributed by atoms with van der Waals surface area (Å²) >= 11 is 0. The van der Waals surface area contributed by atoms with Crippen molar-refractivity contribution in [3.8, 4) is 0 Å². The predicted molar refractivity (Wildman–Crippen MR) is 52.7 cm³/mol. The van der Waals surface area contributed by atoms with Crippen molar-refractivity contribution in [1.29, 1.82) is 0 Å². The molecule has 1 rings (SSSR count). The molecule has 1 aliphatic carbocycles. The molecule has 0 radical (unpaired) electrons. The number of ether oxygens (including phenoxy) is 1. The summed E-state index contributed by atoms with van der Waals surface area (Å²) in [6.45, 7) is 5.95. The van der Waals surface area contributed by atoms with Crippen molar-refractivity contribution in [2.24, 2.45) is 5.41 Å². The van der Waals surface area contributed by atoms with Crippen LogP contribution in [0, 0.1) is 5.41 Å². The maximum Gasteiger partial charge on any atom is 0.309 e. The van der Waals surface area contributed by atoms with Gasteiger partial charge in [0.25, 0.3) is 0 Å². The fraction of sp³-hybridized carbons (Fsp3) is 0.636. The molecule has 0 unspecified atom stereocenters. The number of carbonyl (C=O) groups is 2. The lowest BCUT2D eigenvalue weighted by Gasteiger charge is -2.14. The molecule has 0 heterocycles. The maximum absolute atomic E-state index is 11.4. The first-order valence-electron chi connectivity index (χ1n) is 4.85. The molecule has 0 fully saturated rings. The number of esters is 1. The van der Waals surface area contributed by atoms with Crippen LogP contribution in [0.15, 0.2) is 11.6 Å². The van der Waals surface area contributed by atoms with Gasteiger partial charge >= 0.3 is 5.97 Å². The second-order valence-electron chi connectivity index (χ2n) is 4.21. The second-order valence-corrected chi connectivity index (χ2v) is 4.21. The molecular formula is C11H16O3. The van der Waals surface area contributed by atoms with E-state index in [0.717, 1.165) is 5.57 Å². The van der Waals surface area contributed by atoms with Crippen LogP contribution in [0.3, 0.4) is 0 Å². The molecule has 0 saturated heterocycles. The first-order valence-corrected chi connectivity index (χ1v) is 4.85. The smallest absolute Gasteiger partial charge is 0.309 e. The number of allylic oxidation sites excluding steroid dienone is 1. The monoisotopic (exact) mass is 196 g/mol. The second kappa shape index (κ2) is 3.95. The average molecular weight is 196 g/mol. The molecule has 3 heteroatoms. The highest BCUT2D eigenvalue weighted by molar-refractivity contribution is 5.98. The van der Waals surface area contributed by atoms with Gasteiger partial charge in [0, 0.05) is 5.41 Å². The molecule has 3 nitrogen and oxygen atoms in total. The lowest BCUT2D eigenvalue weighted by molar-refractivity contribution is -0.142. The number of rotatable bonds is 3. The Bertz CT molecular complexity index is 287. The third-order valence-corrected chi connectivity index (χ3v) is 2.35. The number of hydrogen-bond donors (Lipinski definition) is 0. The molecule has 0 aliphatic heterocycles. The molecule has 0 spiro atoms. The zero-order chi connectivity index (χ0) is 10.8. The zero-order valence-electron chi connectivity index (χ0n) is 8.92. The van der Waals surface area contributed by atoms with Crippen LogP contribution in [0.2, 0.25) is 0 Å². The highest BCUT2D eigenvalue weighted by Crippen LogP contribution is 2.34. The van der Waals surface area contributed by atoms with Gasteiger partial charge in [-0.15, -0.1) is 0 Å². The van der Waals surface area contributed by atoms with Gasteiger partial charge in [-0.05, 0) is 19.4 Å². The van der Waals surface area contributed by atoms with Crippen LogP contribution in [0.1, 0.15) is 33.6 Å². The van der Waals surface area contributed by atoms with Gasteiger partial charge in [0.2, 0.25) is 0 Å². The van der Waals surface area contributed by atoms with Crippen LogP contribution in [0.25, 0.3) is 0 Å². The Morgan fingerprint density at radius 2 is 2.21 bits per heavy atom. The van der Waals surface area contributed by atoms with E-state index in [1.807, 2.05) is 13.8 Å². The summed E-state index contributed by atoms with van der Waals surface area (Å²) in [5.41, 5.74) is 0.556. The van der Waals surface area contributed by atoms with E-state index >= 15 is 0 Å². The van der Waals surface area contributed by atoms with Gasteiger partial charge in [-0.25, -0.2) is 0 Å². The van der Waals surface area contributed by atoms with E-state index in [0.29, 0.717) is 13.0 Å². The highest BCUT2D eigenvalue weighted by Gasteiger charge is 2.33. The van der Waals surface area contributed by atoms with E-state index in [9.17, 15) is 9.59 Å². The molecule has 0 atom stereocenters. The number of carbonyl (C=O) groups excluding carboxylic acids is 2. The fourth-order valence-corrected chi connectivity index (χ4v) is 1.60. The first-order chi connectivity index (χ1) is 6.45. The Hall–Kier alpha value is -1.12. The van der Waals surface area contributed by atoms with Crippen LogP contribution < -0.4 is 0 Å². The minimum Gasteiger partial charge on any atom is -0.466 e. The van der Waals surface area contributed by atoms with Crippen LogP contribution in [-0.4, -0.2) is 18.4 Å². The molecule has 0 aromatic carbocycles. The van der Waals surface area contributed by atoms with Gasteiger partial charge in [-0.3, -0.25) is 9.59 Å². The molecule has 0 amide bonds. The van der Waals surface area contributed by atoms with Crippen LogP contribution in [0.4, 0.5) is 0 Å². The quantitative estimate of drug-likeness (QED) is 0.647. The van der Waals surface area contributed by atoms with Gasteiger partial charge < -0.3 is 4.74 Å². The molecule has 0 aromatic heterocycles. The fourth-order valence-electron chi connectivity index (χ4n) is 1.60. The van der Waals surface area contributed by atoms with E-state index in [4.69, 9.17) is 4.74 Å². The Morgan fingerprint density at radius 3 is 2.64 bits per heavy atom. The normalized spacial score (nSPS) is 19.4. The molecule has 0 N–H and O–H groups in total. The van der Waals surface area contributed by atoms with Gasteiger partial charge in [0.1, 0.15) is 0 Å². The van der Waals surface area contributed by atoms with Crippen molar-refractivity contribution in [3.63, 3.8) is 0 Å². The summed E-state index contributed by atoms with van der Waals surface area (Å²) in [7, 11) is 0. The maximum atomic E-state index is 11.4. The standard InChI is InChI=1S/C11H16O3/c1-4-14-10(13)6-8-5-9(12)11(2,3)7-8/h5H,4,6-7H2,1-3H3. The van der Waals surface area contributed by atoms with Crippen molar-refractivity contribution in [3.05, 3.63) is 11.6 Å². The van der Waals surface area contributed by atoms with Gasteiger partial charge in [-0.1, -0.05) is 19.4 Å². The molecular weight excluding hydrogens is 180 g/mol. The van der Waals surface area contributed by atoms with Crippen molar-refractivity contribution in [2.45, 2.75) is 33.6 Å². The van der Waals surface area contributed by atoms with Gasteiger partial charge in [0.05, 0.1) is 13.0 Å². The van der Waals surface area contributed by atoms with Crippen molar-refractivity contribution in [1.82, 2.24) is 0 Å². The largest absolute Gasteiger partial charge is 0.466 e. The first kappa shape index (κ1) is 11.0. The van der Waals surface area contributed by atoms with Gasteiger partial charge in [0.15, 0.2) is 5.78 Å². The summed E-state index contributed by atoms with van der Waals surface area (Å²) in [5, 5.41) is 0.